The van der Waals surface area contributed by atoms with Gasteiger partial charge in [-0.05, 0) is 46.3 Å². The van der Waals surface area contributed by atoms with E-state index in [9.17, 15) is 5.11 Å². The predicted molar refractivity (Wildman–Crippen MR) is 128 cm³/mol. The van der Waals surface area contributed by atoms with Gasteiger partial charge >= 0.3 is 0 Å². The van der Waals surface area contributed by atoms with Crippen molar-refractivity contribution < 1.29 is 19.3 Å². The van der Waals surface area contributed by atoms with Crippen LogP contribution < -0.4 is 19.4 Å². The molecule has 166 valence electrons. The number of hydrogen-bond acceptors (Lipinski definition) is 4. The van der Waals surface area contributed by atoms with E-state index in [1.54, 1.807) is 14.2 Å². The van der Waals surface area contributed by atoms with Crippen molar-refractivity contribution in [2.45, 2.75) is 65.5 Å². The number of aromatic hydroxyl groups is 1. The minimum atomic E-state index is -2.01. The molecule has 0 heterocycles. The van der Waals surface area contributed by atoms with Gasteiger partial charge in [-0.3, -0.25) is 0 Å². The van der Waals surface area contributed by atoms with E-state index in [1.807, 2.05) is 24.3 Å². The summed E-state index contributed by atoms with van der Waals surface area (Å²) in [5, 5.41) is 12.1. The molecule has 0 fully saturated rings. The molecule has 5 heteroatoms. The van der Waals surface area contributed by atoms with E-state index >= 15 is 0 Å². The number of ether oxygens (including phenoxy) is 3. The molecule has 0 amide bonds. The number of methoxy groups -OCH3 is 2. The van der Waals surface area contributed by atoms with Crippen molar-refractivity contribution >= 4 is 13.3 Å². The summed E-state index contributed by atoms with van der Waals surface area (Å²) < 4.78 is 17.4. The fourth-order valence-corrected chi connectivity index (χ4v) is 5.59. The molecule has 0 saturated carbocycles. The highest BCUT2D eigenvalue weighted by Gasteiger charge is 2.31. The largest absolute Gasteiger partial charge is 0.507 e. The van der Waals surface area contributed by atoms with Gasteiger partial charge in [0.2, 0.25) is 0 Å². The molecule has 2 aromatic rings. The van der Waals surface area contributed by atoms with Gasteiger partial charge in [-0.25, -0.2) is 0 Å². The number of rotatable bonds is 6. The smallest absolute Gasteiger partial charge is 0.129 e. The molecule has 2 rings (SSSR count). The minimum absolute atomic E-state index is 0.188. The van der Waals surface area contributed by atoms with E-state index in [0.717, 1.165) is 33.6 Å². The summed E-state index contributed by atoms with van der Waals surface area (Å²) in [6.07, 6.45) is 0.592. The first kappa shape index (κ1) is 24.1. The van der Waals surface area contributed by atoms with E-state index in [-0.39, 0.29) is 10.8 Å². The van der Waals surface area contributed by atoms with Crippen LogP contribution in [0.5, 0.6) is 23.0 Å². The van der Waals surface area contributed by atoms with Crippen molar-refractivity contribution in [2.24, 2.45) is 0 Å². The second-order valence-electron chi connectivity index (χ2n) is 10.6. The lowest BCUT2D eigenvalue weighted by molar-refractivity contribution is 0.368. The first-order valence-corrected chi connectivity index (χ1v) is 13.6. The van der Waals surface area contributed by atoms with Gasteiger partial charge in [-0.15, -0.1) is 0 Å². The summed E-state index contributed by atoms with van der Waals surface area (Å²) in [5.41, 5.74) is 1.44. The van der Waals surface area contributed by atoms with Crippen LogP contribution >= 0.6 is 0 Å². The van der Waals surface area contributed by atoms with E-state index in [2.05, 4.69) is 60.7 Å². The summed E-state index contributed by atoms with van der Waals surface area (Å²) in [6.45, 7) is 17.2. The van der Waals surface area contributed by atoms with Crippen molar-refractivity contribution in [1.29, 1.82) is 0 Å². The van der Waals surface area contributed by atoms with E-state index < -0.39 is 8.07 Å². The molecule has 4 nitrogen and oxygen atoms in total. The van der Waals surface area contributed by atoms with Crippen molar-refractivity contribution in [3.63, 3.8) is 0 Å². The van der Waals surface area contributed by atoms with E-state index in [1.165, 1.54) is 0 Å². The molecular weight excluding hydrogens is 392 g/mol. The Bertz CT molecular complexity index is 854. The molecule has 2 aromatic carbocycles. The molecule has 0 aliphatic carbocycles. The van der Waals surface area contributed by atoms with Crippen LogP contribution in [0.25, 0.3) is 0 Å². The SMILES string of the molecule is COc1ccc(OC)c([Si](C)(C)COc2cc(C(C)(C)C)c(O)c(C(C)(C)C)c2)c1. The average molecular weight is 431 g/mol. The maximum absolute atomic E-state index is 10.9. The zero-order valence-corrected chi connectivity index (χ0v) is 21.3. The molecule has 30 heavy (non-hydrogen) atoms. The summed E-state index contributed by atoms with van der Waals surface area (Å²) in [4.78, 5) is 0. The Kier molecular flexibility index (Phi) is 6.87. The van der Waals surface area contributed by atoms with Crippen LogP contribution in [0, 0.1) is 0 Å². The molecular formula is C25H38O4Si. The summed E-state index contributed by atoms with van der Waals surface area (Å²) in [5.74, 6) is 2.85. The maximum atomic E-state index is 10.9. The lowest BCUT2D eigenvalue weighted by atomic mass is 9.79. The maximum Gasteiger partial charge on any atom is 0.129 e. The van der Waals surface area contributed by atoms with Gasteiger partial charge in [0.15, 0.2) is 0 Å². The lowest BCUT2D eigenvalue weighted by Gasteiger charge is -2.29. The van der Waals surface area contributed by atoms with Crippen molar-refractivity contribution in [3.05, 3.63) is 41.5 Å². The standard InChI is InChI=1S/C25H38O4Si/c1-24(2,3)19-13-18(14-20(23(19)26)25(4,5)6)29-16-30(9,10)22-15-17(27-7)11-12-21(22)28-8/h11-15,26H,16H2,1-10H3. The monoisotopic (exact) mass is 430 g/mol. The topological polar surface area (TPSA) is 47.9 Å². The summed E-state index contributed by atoms with van der Waals surface area (Å²) >= 11 is 0. The molecule has 0 radical (unpaired) electrons. The van der Waals surface area contributed by atoms with Crippen LogP contribution in [0.15, 0.2) is 30.3 Å². The van der Waals surface area contributed by atoms with Crippen LogP contribution in [0.4, 0.5) is 0 Å². The van der Waals surface area contributed by atoms with Gasteiger partial charge in [0.05, 0.1) is 20.4 Å². The number of phenols is 1. The Labute approximate surface area is 183 Å². The fourth-order valence-electron chi connectivity index (χ4n) is 3.52. The Hall–Kier alpha value is -2.14. The zero-order valence-electron chi connectivity index (χ0n) is 20.3. The second kappa shape index (κ2) is 8.54. The highest BCUT2D eigenvalue weighted by atomic mass is 28.3. The Morgan fingerprint density at radius 3 is 1.77 bits per heavy atom. The van der Waals surface area contributed by atoms with Crippen molar-refractivity contribution in [3.8, 4) is 23.0 Å². The third kappa shape index (κ3) is 5.31. The third-order valence-corrected chi connectivity index (χ3v) is 8.15. The second-order valence-corrected chi connectivity index (χ2v) is 15.2. The van der Waals surface area contributed by atoms with Crippen molar-refractivity contribution in [1.82, 2.24) is 0 Å². The minimum Gasteiger partial charge on any atom is -0.507 e. The molecule has 0 saturated heterocycles. The summed E-state index contributed by atoms with van der Waals surface area (Å²) in [7, 11) is 1.37. The third-order valence-electron chi connectivity index (χ3n) is 5.43. The lowest BCUT2D eigenvalue weighted by Crippen LogP contribution is -2.48. The molecule has 0 aliphatic rings. The molecule has 0 unspecified atom stereocenters. The van der Waals surface area contributed by atoms with Gasteiger partial charge in [-0.2, -0.15) is 0 Å². The fraction of sp³-hybridized carbons (Fsp3) is 0.520. The number of benzene rings is 2. The van der Waals surface area contributed by atoms with Gasteiger partial charge in [0.25, 0.3) is 0 Å². The number of phenolic OH excluding ortho intramolecular Hbond substituents is 1. The van der Waals surface area contributed by atoms with Gasteiger partial charge in [0.1, 0.15) is 31.1 Å². The van der Waals surface area contributed by atoms with Gasteiger partial charge in [-0.1, -0.05) is 54.6 Å². The zero-order chi connectivity index (χ0) is 22.9. The van der Waals surface area contributed by atoms with E-state index in [4.69, 9.17) is 14.2 Å². The molecule has 0 spiro atoms. The highest BCUT2D eigenvalue weighted by Crippen LogP contribution is 2.41. The average Bonchev–Trinajstić information content (AvgIpc) is 2.64. The predicted octanol–water partition coefficient (Wildman–Crippen LogP) is 5.54. The quantitative estimate of drug-likeness (QED) is 0.612. The first-order chi connectivity index (χ1) is 13.7. The summed E-state index contributed by atoms with van der Waals surface area (Å²) in [6, 6.07) is 9.90. The van der Waals surface area contributed by atoms with Crippen LogP contribution in [0.1, 0.15) is 52.7 Å². The van der Waals surface area contributed by atoms with Crippen LogP contribution in [0.2, 0.25) is 13.1 Å². The molecule has 0 atom stereocenters. The first-order valence-electron chi connectivity index (χ1n) is 10.4. The molecule has 0 aromatic heterocycles. The van der Waals surface area contributed by atoms with Crippen LogP contribution in [-0.4, -0.2) is 33.6 Å². The Morgan fingerprint density at radius 1 is 0.800 bits per heavy atom. The van der Waals surface area contributed by atoms with Crippen molar-refractivity contribution in [2.75, 3.05) is 20.4 Å². The molecule has 0 bridgehead atoms. The molecule has 0 aliphatic heterocycles. The Morgan fingerprint density at radius 2 is 1.33 bits per heavy atom. The van der Waals surface area contributed by atoms with E-state index in [0.29, 0.717) is 12.0 Å². The van der Waals surface area contributed by atoms with Crippen LogP contribution in [0.3, 0.4) is 0 Å². The number of hydrogen-bond donors (Lipinski definition) is 1. The van der Waals surface area contributed by atoms with Crippen LogP contribution in [-0.2, 0) is 10.8 Å². The normalized spacial score (nSPS) is 12.6. The highest BCUT2D eigenvalue weighted by molar-refractivity contribution is 6.90. The van der Waals surface area contributed by atoms with Gasteiger partial charge < -0.3 is 19.3 Å². The molecule has 1 N–H and O–H groups in total. The van der Waals surface area contributed by atoms with Gasteiger partial charge in [0, 0.05) is 11.1 Å². The Balaban J connectivity index is 2.44.